The lowest BCUT2D eigenvalue weighted by Crippen LogP contribution is -2.27. The zero-order valence-corrected chi connectivity index (χ0v) is 7.72. The topological polar surface area (TPSA) is 20.2 Å². The lowest BCUT2D eigenvalue weighted by molar-refractivity contribution is 0.0727. The highest BCUT2D eigenvalue weighted by Gasteiger charge is 2.25. The van der Waals surface area contributed by atoms with Gasteiger partial charge in [0.15, 0.2) is 0 Å². The molecule has 0 rings (SSSR count). The fourth-order valence-electron chi connectivity index (χ4n) is 1.07. The van der Waals surface area contributed by atoms with Crippen LogP contribution in [0.2, 0.25) is 0 Å². The van der Waals surface area contributed by atoms with Crippen molar-refractivity contribution in [2.75, 3.05) is 0 Å². The van der Waals surface area contributed by atoms with E-state index in [4.69, 9.17) is 0 Å². The molecule has 0 amide bonds. The van der Waals surface area contributed by atoms with Crippen LogP contribution in [0.3, 0.4) is 0 Å². The maximum absolute atomic E-state index is 9.62. The zero-order valence-electron chi connectivity index (χ0n) is 7.72. The Bertz CT molecular complexity index is 136. The molecule has 0 aliphatic heterocycles. The molecule has 1 N–H and O–H groups in total. The van der Waals surface area contributed by atoms with Gasteiger partial charge in [-0.15, -0.1) is 13.2 Å². The summed E-state index contributed by atoms with van der Waals surface area (Å²) in [4.78, 5) is 0. The van der Waals surface area contributed by atoms with Crippen molar-refractivity contribution in [2.24, 2.45) is 5.41 Å². The van der Waals surface area contributed by atoms with Crippen LogP contribution >= 0.6 is 0 Å². The minimum Gasteiger partial charge on any atom is -0.386 e. The van der Waals surface area contributed by atoms with Crippen LogP contribution in [0.15, 0.2) is 25.3 Å². The van der Waals surface area contributed by atoms with Crippen molar-refractivity contribution in [3.63, 3.8) is 0 Å². The van der Waals surface area contributed by atoms with Crippen LogP contribution in [0.4, 0.5) is 0 Å². The Kier molecular flexibility index (Phi) is 3.06. The number of rotatable bonds is 4. The van der Waals surface area contributed by atoms with Crippen LogP contribution in [0.25, 0.3) is 0 Å². The quantitative estimate of drug-likeness (QED) is 0.617. The van der Waals surface area contributed by atoms with E-state index in [0.717, 1.165) is 0 Å². The van der Waals surface area contributed by atoms with Gasteiger partial charge >= 0.3 is 0 Å². The summed E-state index contributed by atoms with van der Waals surface area (Å²) in [5, 5.41) is 9.62. The second-order valence-corrected chi connectivity index (χ2v) is 3.93. The van der Waals surface area contributed by atoms with E-state index in [1.807, 2.05) is 19.9 Å². The van der Waals surface area contributed by atoms with E-state index in [1.54, 1.807) is 13.0 Å². The molecule has 64 valence electrons. The van der Waals surface area contributed by atoms with Gasteiger partial charge in [0.2, 0.25) is 0 Å². The van der Waals surface area contributed by atoms with Crippen molar-refractivity contribution in [1.82, 2.24) is 0 Å². The average Bonchev–Trinajstić information content (AvgIpc) is 1.86. The van der Waals surface area contributed by atoms with Gasteiger partial charge in [-0.25, -0.2) is 0 Å². The summed E-state index contributed by atoms with van der Waals surface area (Å²) < 4.78 is 0. The molecule has 1 nitrogen and oxygen atoms in total. The lowest BCUT2D eigenvalue weighted by atomic mass is 9.81. The molecule has 0 saturated heterocycles. The van der Waals surface area contributed by atoms with Crippen molar-refractivity contribution in [2.45, 2.75) is 32.8 Å². The number of hydrogen-bond donors (Lipinski definition) is 1. The third-order valence-electron chi connectivity index (χ3n) is 1.81. The van der Waals surface area contributed by atoms with Gasteiger partial charge in [-0.05, 0) is 18.8 Å². The van der Waals surface area contributed by atoms with E-state index >= 15 is 0 Å². The van der Waals surface area contributed by atoms with E-state index in [-0.39, 0.29) is 5.41 Å². The van der Waals surface area contributed by atoms with Gasteiger partial charge in [0.25, 0.3) is 0 Å². The molecule has 0 aromatic heterocycles. The predicted octanol–water partition coefficient (Wildman–Crippen LogP) is 2.53. The monoisotopic (exact) mass is 154 g/mol. The molecule has 1 unspecified atom stereocenters. The average molecular weight is 154 g/mol. The van der Waals surface area contributed by atoms with Gasteiger partial charge in [-0.1, -0.05) is 26.0 Å². The van der Waals surface area contributed by atoms with Crippen molar-refractivity contribution < 1.29 is 5.11 Å². The van der Waals surface area contributed by atoms with Gasteiger partial charge in [0.05, 0.1) is 5.60 Å². The van der Waals surface area contributed by atoms with Crippen LogP contribution < -0.4 is 0 Å². The van der Waals surface area contributed by atoms with E-state index in [2.05, 4.69) is 13.2 Å². The van der Waals surface area contributed by atoms with E-state index in [9.17, 15) is 5.11 Å². The standard InChI is InChI=1S/C10H18O/c1-6-9(3,4)8-10(5,11)7-2/h6-7,11H,1-2,8H2,3-5H3. The molecule has 0 aromatic carbocycles. The molecule has 1 atom stereocenters. The van der Waals surface area contributed by atoms with Gasteiger partial charge in [0.1, 0.15) is 0 Å². The van der Waals surface area contributed by atoms with Gasteiger partial charge in [0, 0.05) is 0 Å². The third-order valence-corrected chi connectivity index (χ3v) is 1.81. The zero-order chi connectivity index (χ0) is 9.12. The molecule has 0 aliphatic carbocycles. The SMILES string of the molecule is C=CC(C)(C)CC(C)(O)C=C. The second-order valence-electron chi connectivity index (χ2n) is 3.93. The Hall–Kier alpha value is -0.560. The Labute approximate surface area is 69.4 Å². The van der Waals surface area contributed by atoms with Crippen molar-refractivity contribution in [3.8, 4) is 0 Å². The summed E-state index contributed by atoms with van der Waals surface area (Å²) in [5.41, 5.74) is -0.810. The first-order chi connectivity index (χ1) is 4.83. The first-order valence-electron chi connectivity index (χ1n) is 3.82. The normalized spacial score (nSPS) is 17.1. The van der Waals surface area contributed by atoms with Crippen LogP contribution in [0.5, 0.6) is 0 Å². The van der Waals surface area contributed by atoms with Crippen LogP contribution in [-0.2, 0) is 0 Å². The van der Waals surface area contributed by atoms with E-state index in [1.165, 1.54) is 0 Å². The maximum atomic E-state index is 9.62. The van der Waals surface area contributed by atoms with Crippen LogP contribution in [0, 0.1) is 5.41 Å². The summed E-state index contributed by atoms with van der Waals surface area (Å²) in [6.45, 7) is 13.1. The molecule has 11 heavy (non-hydrogen) atoms. The molecule has 0 radical (unpaired) electrons. The summed E-state index contributed by atoms with van der Waals surface area (Å²) in [6, 6.07) is 0. The molecule has 0 spiro atoms. The highest BCUT2D eigenvalue weighted by atomic mass is 16.3. The van der Waals surface area contributed by atoms with Crippen LogP contribution in [0.1, 0.15) is 27.2 Å². The minimum absolute atomic E-state index is 0.0301. The molecule has 0 saturated carbocycles. The second kappa shape index (κ2) is 3.22. The highest BCUT2D eigenvalue weighted by molar-refractivity contribution is 5.00. The molecule has 0 aromatic rings. The Morgan fingerprint density at radius 1 is 1.18 bits per heavy atom. The minimum atomic E-state index is -0.780. The Balaban J connectivity index is 4.23. The highest BCUT2D eigenvalue weighted by Crippen LogP contribution is 2.29. The Morgan fingerprint density at radius 3 is 1.91 bits per heavy atom. The third kappa shape index (κ3) is 3.99. The molecule has 0 bridgehead atoms. The molecule has 1 heteroatoms. The lowest BCUT2D eigenvalue weighted by Gasteiger charge is -2.28. The fraction of sp³-hybridized carbons (Fsp3) is 0.600. The first kappa shape index (κ1) is 10.4. The molecular weight excluding hydrogens is 136 g/mol. The van der Waals surface area contributed by atoms with Crippen molar-refractivity contribution >= 4 is 0 Å². The summed E-state index contributed by atoms with van der Waals surface area (Å²) >= 11 is 0. The van der Waals surface area contributed by atoms with Gasteiger partial charge in [-0.2, -0.15) is 0 Å². The molecule has 0 heterocycles. The van der Waals surface area contributed by atoms with E-state index < -0.39 is 5.60 Å². The molecule has 0 aliphatic rings. The van der Waals surface area contributed by atoms with Crippen molar-refractivity contribution in [1.29, 1.82) is 0 Å². The number of aliphatic hydroxyl groups is 1. The predicted molar refractivity (Wildman–Crippen MR) is 49.4 cm³/mol. The largest absolute Gasteiger partial charge is 0.386 e. The number of allylic oxidation sites excluding steroid dienone is 1. The smallest absolute Gasteiger partial charge is 0.0805 e. The van der Waals surface area contributed by atoms with Crippen molar-refractivity contribution in [3.05, 3.63) is 25.3 Å². The first-order valence-corrected chi connectivity index (χ1v) is 3.82. The summed E-state index contributed by atoms with van der Waals surface area (Å²) in [5.74, 6) is 0. The summed E-state index contributed by atoms with van der Waals surface area (Å²) in [7, 11) is 0. The summed E-state index contributed by atoms with van der Waals surface area (Å²) in [6.07, 6.45) is 4.08. The molecule has 0 fully saturated rings. The van der Waals surface area contributed by atoms with E-state index in [0.29, 0.717) is 6.42 Å². The Morgan fingerprint density at radius 2 is 1.64 bits per heavy atom. The van der Waals surface area contributed by atoms with Crippen LogP contribution in [-0.4, -0.2) is 10.7 Å². The van der Waals surface area contributed by atoms with Gasteiger partial charge < -0.3 is 5.11 Å². The fourth-order valence-corrected chi connectivity index (χ4v) is 1.07. The number of hydrogen-bond acceptors (Lipinski definition) is 1. The van der Waals surface area contributed by atoms with Gasteiger partial charge in [-0.3, -0.25) is 0 Å². The maximum Gasteiger partial charge on any atom is 0.0805 e. The molecular formula is C10H18O.